The minimum atomic E-state index is -1.26. The molecule has 1 aromatic carbocycles. The van der Waals surface area contributed by atoms with E-state index in [0.29, 0.717) is 5.56 Å². The van der Waals surface area contributed by atoms with Crippen molar-refractivity contribution in [3.8, 4) is 11.1 Å². The number of amides is 1. The second-order valence-corrected chi connectivity index (χ2v) is 3.34. The Kier molecular flexibility index (Phi) is 3.00. The van der Waals surface area contributed by atoms with E-state index in [0.717, 1.165) is 6.20 Å². The second-order valence-electron chi connectivity index (χ2n) is 3.34. The fraction of sp³-hybridized carbons (Fsp3) is 0. The van der Waals surface area contributed by atoms with Gasteiger partial charge in [-0.1, -0.05) is 30.3 Å². The van der Waals surface area contributed by atoms with Gasteiger partial charge in [0, 0.05) is 5.56 Å². The number of nitrogens with one attached hydrogen (secondary N) is 1. The van der Waals surface area contributed by atoms with Gasteiger partial charge in [0.25, 0.3) is 0 Å². The van der Waals surface area contributed by atoms with Crippen molar-refractivity contribution in [3.63, 3.8) is 0 Å². The van der Waals surface area contributed by atoms with Crippen LogP contribution in [-0.4, -0.2) is 16.2 Å². The van der Waals surface area contributed by atoms with Crippen LogP contribution >= 0.6 is 0 Å². The van der Waals surface area contributed by atoms with Gasteiger partial charge in [-0.15, -0.1) is 0 Å². The quantitative estimate of drug-likeness (QED) is 0.836. The summed E-state index contributed by atoms with van der Waals surface area (Å²) in [6.07, 6.45) is 1.07. The molecule has 0 spiro atoms. The fourth-order valence-corrected chi connectivity index (χ4v) is 1.54. The summed E-state index contributed by atoms with van der Waals surface area (Å²) < 4.78 is 13.7. The minimum Gasteiger partial charge on any atom is -0.465 e. The second kappa shape index (κ2) is 4.61. The monoisotopic (exact) mass is 232 g/mol. The number of anilines is 1. The van der Waals surface area contributed by atoms with Crippen molar-refractivity contribution >= 4 is 11.8 Å². The molecule has 1 aromatic heterocycles. The molecule has 0 saturated carbocycles. The first-order valence-corrected chi connectivity index (χ1v) is 4.87. The lowest BCUT2D eigenvalue weighted by Crippen LogP contribution is -2.09. The summed E-state index contributed by atoms with van der Waals surface area (Å²) in [6.45, 7) is 0. The van der Waals surface area contributed by atoms with Gasteiger partial charge in [0.05, 0.1) is 18.1 Å². The lowest BCUT2D eigenvalue weighted by atomic mass is 10.1. The first-order valence-electron chi connectivity index (χ1n) is 4.87. The summed E-state index contributed by atoms with van der Waals surface area (Å²) in [5.41, 5.74) is 0.919. The highest BCUT2D eigenvalue weighted by Crippen LogP contribution is 2.29. The molecule has 2 rings (SSSR count). The molecule has 2 aromatic rings. The first kappa shape index (κ1) is 11.1. The van der Waals surface area contributed by atoms with Crippen LogP contribution in [0.25, 0.3) is 11.1 Å². The van der Waals surface area contributed by atoms with Gasteiger partial charge < -0.3 is 5.11 Å². The van der Waals surface area contributed by atoms with Crippen molar-refractivity contribution < 1.29 is 14.3 Å². The highest BCUT2D eigenvalue weighted by atomic mass is 19.1. The van der Waals surface area contributed by atoms with E-state index in [-0.39, 0.29) is 11.3 Å². The molecule has 86 valence electrons. The maximum Gasteiger partial charge on any atom is 0.409 e. The molecule has 0 saturated heterocycles. The highest BCUT2D eigenvalue weighted by molar-refractivity contribution is 5.90. The van der Waals surface area contributed by atoms with Crippen molar-refractivity contribution in [1.29, 1.82) is 0 Å². The maximum atomic E-state index is 13.7. The van der Waals surface area contributed by atoms with Crippen molar-refractivity contribution in [2.45, 2.75) is 0 Å². The third kappa shape index (κ3) is 2.39. The predicted octanol–water partition coefficient (Wildman–Crippen LogP) is 2.98. The molecule has 0 bridgehead atoms. The number of nitrogens with zero attached hydrogens (tertiary/aromatic N) is 1. The third-order valence-corrected chi connectivity index (χ3v) is 2.20. The molecular formula is C12H9FN2O2. The van der Waals surface area contributed by atoms with Crippen molar-refractivity contribution in [3.05, 3.63) is 48.5 Å². The van der Waals surface area contributed by atoms with E-state index in [4.69, 9.17) is 5.11 Å². The van der Waals surface area contributed by atoms with Gasteiger partial charge in [0.2, 0.25) is 0 Å². The Bertz CT molecular complexity index is 543. The summed E-state index contributed by atoms with van der Waals surface area (Å²) in [4.78, 5) is 14.2. The Hall–Kier alpha value is -2.43. The Morgan fingerprint density at radius 3 is 2.59 bits per heavy atom. The Morgan fingerprint density at radius 2 is 1.94 bits per heavy atom. The average Bonchev–Trinajstić information content (AvgIpc) is 2.29. The van der Waals surface area contributed by atoms with Gasteiger partial charge in [-0.05, 0) is 5.56 Å². The standard InChI is InChI=1S/C12H9FN2O2/c13-9-6-14-7-10(15-12(16)17)11(9)8-4-2-1-3-5-8/h1-7,15H,(H,16,17). The van der Waals surface area contributed by atoms with E-state index in [2.05, 4.69) is 10.3 Å². The molecular weight excluding hydrogens is 223 g/mol. The smallest absolute Gasteiger partial charge is 0.409 e. The van der Waals surface area contributed by atoms with Gasteiger partial charge in [-0.3, -0.25) is 10.3 Å². The van der Waals surface area contributed by atoms with E-state index in [1.165, 1.54) is 6.20 Å². The van der Waals surface area contributed by atoms with Crippen LogP contribution in [-0.2, 0) is 0 Å². The van der Waals surface area contributed by atoms with E-state index in [1.807, 2.05) is 0 Å². The van der Waals surface area contributed by atoms with Gasteiger partial charge in [-0.2, -0.15) is 0 Å². The lowest BCUT2D eigenvalue weighted by Gasteiger charge is -2.09. The number of carbonyl (C=O) groups is 1. The molecule has 1 heterocycles. The van der Waals surface area contributed by atoms with Crippen LogP contribution in [0.1, 0.15) is 0 Å². The predicted molar refractivity (Wildman–Crippen MR) is 61.3 cm³/mol. The number of rotatable bonds is 2. The Labute approximate surface area is 96.7 Å². The fourth-order valence-electron chi connectivity index (χ4n) is 1.54. The number of hydrogen-bond acceptors (Lipinski definition) is 2. The third-order valence-electron chi connectivity index (χ3n) is 2.20. The number of hydrogen-bond donors (Lipinski definition) is 2. The summed E-state index contributed by atoms with van der Waals surface area (Å²) in [6, 6.07) is 8.70. The van der Waals surface area contributed by atoms with Crippen LogP contribution in [0.15, 0.2) is 42.7 Å². The first-order chi connectivity index (χ1) is 8.18. The normalized spacial score (nSPS) is 9.94. The van der Waals surface area contributed by atoms with Crippen molar-refractivity contribution in [2.75, 3.05) is 5.32 Å². The SMILES string of the molecule is O=C(O)Nc1cncc(F)c1-c1ccccc1. The molecule has 0 unspecified atom stereocenters. The van der Waals surface area contributed by atoms with Crippen LogP contribution in [0.5, 0.6) is 0 Å². The van der Waals surface area contributed by atoms with Gasteiger partial charge in [-0.25, -0.2) is 9.18 Å². The van der Waals surface area contributed by atoms with E-state index >= 15 is 0 Å². The molecule has 4 nitrogen and oxygen atoms in total. The van der Waals surface area contributed by atoms with Crippen LogP contribution in [0, 0.1) is 5.82 Å². The molecule has 0 radical (unpaired) electrons. The number of aromatic nitrogens is 1. The molecule has 0 aliphatic rings. The summed E-state index contributed by atoms with van der Waals surface area (Å²) in [5.74, 6) is -0.567. The number of carboxylic acid groups (broad SMARTS) is 1. The van der Waals surface area contributed by atoms with Gasteiger partial charge >= 0.3 is 6.09 Å². The molecule has 1 amide bonds. The topological polar surface area (TPSA) is 62.2 Å². The zero-order valence-corrected chi connectivity index (χ0v) is 8.72. The summed E-state index contributed by atoms with van der Waals surface area (Å²) >= 11 is 0. The Morgan fingerprint density at radius 1 is 1.24 bits per heavy atom. The van der Waals surface area contributed by atoms with Crippen LogP contribution in [0.2, 0.25) is 0 Å². The molecule has 0 aliphatic heterocycles. The molecule has 0 aliphatic carbocycles. The zero-order chi connectivity index (χ0) is 12.3. The Balaban J connectivity index is 2.55. The molecule has 17 heavy (non-hydrogen) atoms. The van der Waals surface area contributed by atoms with E-state index < -0.39 is 11.9 Å². The number of benzene rings is 1. The van der Waals surface area contributed by atoms with Crippen molar-refractivity contribution in [2.24, 2.45) is 0 Å². The summed E-state index contributed by atoms with van der Waals surface area (Å²) in [5, 5.41) is 10.8. The number of pyridine rings is 1. The van der Waals surface area contributed by atoms with Crippen molar-refractivity contribution in [1.82, 2.24) is 4.98 Å². The highest BCUT2D eigenvalue weighted by Gasteiger charge is 2.12. The van der Waals surface area contributed by atoms with Gasteiger partial charge in [0.1, 0.15) is 0 Å². The van der Waals surface area contributed by atoms with E-state index in [9.17, 15) is 9.18 Å². The minimum absolute atomic E-state index is 0.128. The maximum absolute atomic E-state index is 13.7. The molecule has 2 N–H and O–H groups in total. The van der Waals surface area contributed by atoms with E-state index in [1.54, 1.807) is 30.3 Å². The van der Waals surface area contributed by atoms with Crippen LogP contribution in [0.3, 0.4) is 0 Å². The zero-order valence-electron chi connectivity index (χ0n) is 8.72. The molecule has 0 fully saturated rings. The largest absolute Gasteiger partial charge is 0.465 e. The van der Waals surface area contributed by atoms with Crippen LogP contribution in [0.4, 0.5) is 14.9 Å². The van der Waals surface area contributed by atoms with Gasteiger partial charge in [0.15, 0.2) is 5.82 Å². The average molecular weight is 232 g/mol. The lowest BCUT2D eigenvalue weighted by molar-refractivity contribution is 0.209. The molecule has 5 heteroatoms. The number of halogens is 1. The summed E-state index contributed by atoms with van der Waals surface area (Å²) in [7, 11) is 0. The molecule has 0 atom stereocenters. The van der Waals surface area contributed by atoms with Crippen LogP contribution < -0.4 is 5.32 Å².